The molecule has 1 fully saturated rings. The lowest BCUT2D eigenvalue weighted by Crippen LogP contribution is -2.36. The van der Waals surface area contributed by atoms with Crippen LogP contribution in [0.2, 0.25) is 0 Å². The molecule has 0 heterocycles. The summed E-state index contributed by atoms with van der Waals surface area (Å²) in [6, 6.07) is 10.1. The molecule has 2 rings (SSSR count). The van der Waals surface area contributed by atoms with Crippen LogP contribution in [0.5, 0.6) is 5.75 Å². The summed E-state index contributed by atoms with van der Waals surface area (Å²) < 4.78 is 11.5. The van der Waals surface area contributed by atoms with Gasteiger partial charge >= 0.3 is 0 Å². The van der Waals surface area contributed by atoms with Crippen LogP contribution in [-0.2, 0) is 4.74 Å². The molecule has 0 bridgehead atoms. The maximum Gasteiger partial charge on any atom is 0.119 e. The van der Waals surface area contributed by atoms with Crippen molar-refractivity contribution in [3.8, 4) is 5.75 Å². The molecular formula is C16H25NO2. The molecule has 2 N–H and O–H groups in total. The monoisotopic (exact) mass is 263 g/mol. The summed E-state index contributed by atoms with van der Waals surface area (Å²) >= 11 is 0. The van der Waals surface area contributed by atoms with Gasteiger partial charge in [-0.25, -0.2) is 0 Å². The van der Waals surface area contributed by atoms with Gasteiger partial charge in [0.1, 0.15) is 5.75 Å². The van der Waals surface area contributed by atoms with E-state index in [9.17, 15) is 0 Å². The van der Waals surface area contributed by atoms with Crippen molar-refractivity contribution in [2.75, 3.05) is 13.2 Å². The molecular weight excluding hydrogens is 238 g/mol. The number of para-hydroxylation sites is 1. The average molecular weight is 263 g/mol. The van der Waals surface area contributed by atoms with Crippen molar-refractivity contribution in [1.29, 1.82) is 0 Å². The SMILES string of the molecule is NC1CCCCCC1OCCCOc1ccccc1. The number of hydrogen-bond acceptors (Lipinski definition) is 3. The second-order valence-corrected chi connectivity index (χ2v) is 5.23. The van der Waals surface area contributed by atoms with Gasteiger partial charge in [0, 0.05) is 12.5 Å². The Balaban J connectivity index is 1.58. The molecule has 3 nitrogen and oxygen atoms in total. The van der Waals surface area contributed by atoms with Crippen LogP contribution in [0.1, 0.15) is 38.5 Å². The number of hydrogen-bond donors (Lipinski definition) is 1. The van der Waals surface area contributed by atoms with E-state index in [-0.39, 0.29) is 12.1 Å². The molecule has 2 atom stereocenters. The van der Waals surface area contributed by atoms with E-state index in [0.717, 1.165) is 31.6 Å². The first kappa shape index (κ1) is 14.4. The van der Waals surface area contributed by atoms with Crippen LogP contribution in [0, 0.1) is 0 Å². The lowest BCUT2D eigenvalue weighted by Gasteiger charge is -2.21. The molecule has 19 heavy (non-hydrogen) atoms. The minimum Gasteiger partial charge on any atom is -0.494 e. The van der Waals surface area contributed by atoms with Crippen molar-refractivity contribution in [3.05, 3.63) is 30.3 Å². The Bertz CT molecular complexity index is 342. The first-order chi connectivity index (χ1) is 9.36. The molecule has 1 aliphatic rings. The highest BCUT2D eigenvalue weighted by atomic mass is 16.5. The van der Waals surface area contributed by atoms with E-state index in [0.29, 0.717) is 6.61 Å². The summed E-state index contributed by atoms with van der Waals surface area (Å²) in [5.74, 6) is 0.925. The first-order valence-electron chi connectivity index (χ1n) is 7.41. The van der Waals surface area contributed by atoms with Gasteiger partial charge < -0.3 is 15.2 Å². The lowest BCUT2D eigenvalue weighted by atomic mass is 10.1. The fourth-order valence-corrected chi connectivity index (χ4v) is 2.51. The summed E-state index contributed by atoms with van der Waals surface area (Å²) in [5, 5.41) is 0. The third kappa shape index (κ3) is 5.21. The van der Waals surface area contributed by atoms with Gasteiger partial charge in [-0.15, -0.1) is 0 Å². The van der Waals surface area contributed by atoms with Crippen LogP contribution in [0.4, 0.5) is 0 Å². The van der Waals surface area contributed by atoms with Gasteiger partial charge in [-0.05, 0) is 25.0 Å². The second kappa shape index (κ2) is 8.18. The zero-order valence-corrected chi connectivity index (χ0v) is 11.6. The Labute approximate surface area is 116 Å². The molecule has 3 heteroatoms. The molecule has 0 aromatic heterocycles. The highest BCUT2D eigenvalue weighted by Crippen LogP contribution is 2.19. The van der Waals surface area contributed by atoms with E-state index in [1.807, 2.05) is 30.3 Å². The van der Waals surface area contributed by atoms with E-state index in [4.69, 9.17) is 15.2 Å². The fraction of sp³-hybridized carbons (Fsp3) is 0.625. The van der Waals surface area contributed by atoms with Gasteiger partial charge in [0.2, 0.25) is 0 Å². The van der Waals surface area contributed by atoms with E-state index >= 15 is 0 Å². The van der Waals surface area contributed by atoms with Crippen molar-refractivity contribution in [2.24, 2.45) is 5.73 Å². The molecule has 0 spiro atoms. The van der Waals surface area contributed by atoms with Gasteiger partial charge in [0.05, 0.1) is 19.3 Å². The van der Waals surface area contributed by atoms with E-state index in [2.05, 4.69) is 0 Å². The Kier molecular flexibility index (Phi) is 6.18. The largest absolute Gasteiger partial charge is 0.494 e. The van der Waals surface area contributed by atoms with Crippen LogP contribution in [0.25, 0.3) is 0 Å². The quantitative estimate of drug-likeness (QED) is 0.633. The summed E-state index contributed by atoms with van der Waals surface area (Å²) in [7, 11) is 0. The van der Waals surface area contributed by atoms with Gasteiger partial charge in [-0.1, -0.05) is 37.5 Å². The number of ether oxygens (including phenoxy) is 2. The molecule has 1 aromatic rings. The maximum atomic E-state index is 6.13. The van der Waals surface area contributed by atoms with Crippen LogP contribution >= 0.6 is 0 Å². The number of rotatable bonds is 6. The van der Waals surface area contributed by atoms with Gasteiger partial charge in [-0.3, -0.25) is 0 Å². The zero-order chi connectivity index (χ0) is 13.3. The van der Waals surface area contributed by atoms with Crippen LogP contribution < -0.4 is 10.5 Å². The van der Waals surface area contributed by atoms with Crippen LogP contribution in [0.3, 0.4) is 0 Å². The Hall–Kier alpha value is -1.06. The second-order valence-electron chi connectivity index (χ2n) is 5.23. The molecule has 2 unspecified atom stereocenters. The first-order valence-corrected chi connectivity index (χ1v) is 7.41. The molecule has 1 aromatic carbocycles. The van der Waals surface area contributed by atoms with Crippen molar-refractivity contribution < 1.29 is 9.47 Å². The molecule has 106 valence electrons. The highest BCUT2D eigenvalue weighted by molar-refractivity contribution is 5.20. The zero-order valence-electron chi connectivity index (χ0n) is 11.6. The normalized spacial score (nSPS) is 23.8. The summed E-state index contributed by atoms with van der Waals surface area (Å²) in [6.45, 7) is 1.44. The molecule has 0 amide bonds. The standard InChI is InChI=1S/C16H25NO2/c17-15-10-5-2-6-11-16(15)19-13-7-12-18-14-8-3-1-4-9-14/h1,3-4,8-9,15-16H,2,5-7,10-13,17H2. The molecule has 0 aliphatic heterocycles. The number of nitrogens with two attached hydrogens (primary N) is 1. The van der Waals surface area contributed by atoms with Gasteiger partial charge in [0.15, 0.2) is 0 Å². The van der Waals surface area contributed by atoms with Gasteiger partial charge in [0.25, 0.3) is 0 Å². The summed E-state index contributed by atoms with van der Waals surface area (Å²) in [5.41, 5.74) is 6.13. The van der Waals surface area contributed by atoms with Crippen molar-refractivity contribution >= 4 is 0 Å². The van der Waals surface area contributed by atoms with E-state index < -0.39 is 0 Å². The van der Waals surface area contributed by atoms with Crippen LogP contribution in [0.15, 0.2) is 30.3 Å². The van der Waals surface area contributed by atoms with Crippen molar-refractivity contribution in [1.82, 2.24) is 0 Å². The third-order valence-electron chi connectivity index (χ3n) is 3.64. The maximum absolute atomic E-state index is 6.13. The average Bonchev–Trinajstić information content (AvgIpc) is 2.65. The van der Waals surface area contributed by atoms with Crippen LogP contribution in [-0.4, -0.2) is 25.4 Å². The van der Waals surface area contributed by atoms with Crippen molar-refractivity contribution in [2.45, 2.75) is 50.7 Å². The fourth-order valence-electron chi connectivity index (χ4n) is 2.51. The smallest absolute Gasteiger partial charge is 0.119 e. The minimum absolute atomic E-state index is 0.220. The topological polar surface area (TPSA) is 44.5 Å². The molecule has 1 aliphatic carbocycles. The van der Waals surface area contributed by atoms with Crippen molar-refractivity contribution in [3.63, 3.8) is 0 Å². The Morgan fingerprint density at radius 3 is 2.63 bits per heavy atom. The van der Waals surface area contributed by atoms with E-state index in [1.165, 1.54) is 19.3 Å². The lowest BCUT2D eigenvalue weighted by molar-refractivity contribution is 0.0252. The Morgan fingerprint density at radius 2 is 1.79 bits per heavy atom. The van der Waals surface area contributed by atoms with E-state index in [1.54, 1.807) is 0 Å². The number of benzene rings is 1. The Morgan fingerprint density at radius 1 is 1.00 bits per heavy atom. The predicted octanol–water partition coefficient (Wildman–Crippen LogP) is 3.13. The molecule has 1 saturated carbocycles. The van der Waals surface area contributed by atoms with Gasteiger partial charge in [-0.2, -0.15) is 0 Å². The highest BCUT2D eigenvalue weighted by Gasteiger charge is 2.20. The minimum atomic E-state index is 0.220. The third-order valence-corrected chi connectivity index (χ3v) is 3.64. The summed E-state index contributed by atoms with van der Waals surface area (Å²) in [6.07, 6.45) is 7.17. The predicted molar refractivity (Wildman–Crippen MR) is 77.4 cm³/mol. The summed E-state index contributed by atoms with van der Waals surface area (Å²) in [4.78, 5) is 0. The molecule has 0 saturated heterocycles. The molecule has 0 radical (unpaired) electrons.